The van der Waals surface area contributed by atoms with Crippen molar-refractivity contribution in [2.45, 2.75) is 59.9 Å². The number of carboxylic acid groups (broad SMARTS) is 1. The van der Waals surface area contributed by atoms with Crippen LogP contribution in [0.15, 0.2) is 12.7 Å². The summed E-state index contributed by atoms with van der Waals surface area (Å²) in [5.41, 5.74) is 3.62. The Hall–Kier alpha value is -1.85. The molecule has 0 aromatic rings. The number of carbonyl (C=O) groups excluding carboxylic acids is 2. The van der Waals surface area contributed by atoms with Crippen molar-refractivity contribution in [2.75, 3.05) is 0 Å². The number of nitrogens with two attached hydrogens (primary N) is 1. The van der Waals surface area contributed by atoms with Crippen LogP contribution in [0.5, 0.6) is 0 Å². The molecular formula is C18H32N2O4. The lowest BCUT2D eigenvalue weighted by molar-refractivity contribution is -0.149. The number of allylic oxidation sites excluding steroid dienone is 1. The second kappa shape index (κ2) is 8.31. The van der Waals surface area contributed by atoms with E-state index in [9.17, 15) is 19.5 Å². The molecule has 0 aliphatic heterocycles. The molecule has 4 N–H and O–H groups in total. The van der Waals surface area contributed by atoms with Gasteiger partial charge in [-0.2, -0.15) is 0 Å². The molecule has 3 atom stereocenters. The maximum absolute atomic E-state index is 12.8. The second-order valence-corrected chi connectivity index (χ2v) is 7.93. The topological polar surface area (TPSA) is 109 Å². The molecule has 0 saturated heterocycles. The SMILES string of the molecule is C=CC[C@H](C(=O)O)C(CC(C)C)C(=O)NC(C)(C(N)=O)C(C)(C)C. The lowest BCUT2D eigenvalue weighted by atomic mass is 9.73. The van der Waals surface area contributed by atoms with E-state index >= 15 is 0 Å². The summed E-state index contributed by atoms with van der Waals surface area (Å²) >= 11 is 0. The van der Waals surface area contributed by atoms with Crippen LogP contribution >= 0.6 is 0 Å². The number of aliphatic carboxylic acids is 1. The highest BCUT2D eigenvalue weighted by molar-refractivity contribution is 5.93. The molecule has 0 heterocycles. The third kappa shape index (κ3) is 5.35. The summed E-state index contributed by atoms with van der Waals surface area (Å²) < 4.78 is 0. The molecule has 138 valence electrons. The zero-order valence-corrected chi connectivity index (χ0v) is 15.7. The summed E-state index contributed by atoms with van der Waals surface area (Å²) in [6.07, 6.45) is 2.08. The minimum absolute atomic E-state index is 0.127. The van der Waals surface area contributed by atoms with Crippen molar-refractivity contribution in [3.05, 3.63) is 12.7 Å². The molecule has 0 fully saturated rings. The first-order valence-electron chi connectivity index (χ1n) is 8.23. The lowest BCUT2D eigenvalue weighted by Crippen LogP contribution is -2.64. The van der Waals surface area contributed by atoms with Gasteiger partial charge in [-0.1, -0.05) is 40.7 Å². The zero-order chi connectivity index (χ0) is 19.3. The molecule has 0 radical (unpaired) electrons. The molecule has 0 aliphatic carbocycles. The molecule has 2 unspecified atom stereocenters. The van der Waals surface area contributed by atoms with E-state index < -0.39 is 40.6 Å². The Bertz CT molecular complexity index is 494. The molecule has 0 rings (SSSR count). The van der Waals surface area contributed by atoms with Crippen LogP contribution in [0.1, 0.15) is 54.4 Å². The van der Waals surface area contributed by atoms with Gasteiger partial charge in [0.2, 0.25) is 11.8 Å². The van der Waals surface area contributed by atoms with E-state index in [-0.39, 0.29) is 12.3 Å². The van der Waals surface area contributed by atoms with Crippen molar-refractivity contribution < 1.29 is 19.5 Å². The molecule has 24 heavy (non-hydrogen) atoms. The van der Waals surface area contributed by atoms with Gasteiger partial charge < -0.3 is 16.2 Å². The van der Waals surface area contributed by atoms with E-state index in [2.05, 4.69) is 11.9 Å². The summed E-state index contributed by atoms with van der Waals surface area (Å²) in [5, 5.41) is 12.2. The van der Waals surface area contributed by atoms with Crippen LogP contribution in [0.2, 0.25) is 0 Å². The Labute approximate surface area is 144 Å². The first kappa shape index (κ1) is 22.1. The van der Waals surface area contributed by atoms with Gasteiger partial charge in [-0.15, -0.1) is 6.58 Å². The van der Waals surface area contributed by atoms with Crippen LogP contribution < -0.4 is 11.1 Å². The van der Waals surface area contributed by atoms with Crippen LogP contribution in [0.25, 0.3) is 0 Å². The highest BCUT2D eigenvalue weighted by Gasteiger charge is 2.46. The highest BCUT2D eigenvalue weighted by atomic mass is 16.4. The number of hydrogen-bond donors (Lipinski definition) is 3. The Morgan fingerprint density at radius 3 is 1.96 bits per heavy atom. The molecule has 0 aromatic carbocycles. The summed E-state index contributed by atoms with van der Waals surface area (Å²) in [4.78, 5) is 36.4. The molecule has 0 aliphatic rings. The fraction of sp³-hybridized carbons (Fsp3) is 0.722. The Kier molecular flexibility index (Phi) is 7.67. The quantitative estimate of drug-likeness (QED) is 0.560. The third-order valence-electron chi connectivity index (χ3n) is 4.65. The molecule has 0 spiro atoms. The van der Waals surface area contributed by atoms with Gasteiger partial charge in [0.25, 0.3) is 0 Å². The number of amides is 2. The fourth-order valence-corrected chi connectivity index (χ4v) is 2.54. The average molecular weight is 340 g/mol. The van der Waals surface area contributed by atoms with E-state index in [1.54, 1.807) is 27.7 Å². The first-order valence-corrected chi connectivity index (χ1v) is 8.23. The predicted octanol–water partition coefficient (Wildman–Crippen LogP) is 2.33. The molecule has 2 amide bonds. The first-order chi connectivity index (χ1) is 10.8. The van der Waals surface area contributed by atoms with Gasteiger partial charge in [0.05, 0.1) is 11.8 Å². The van der Waals surface area contributed by atoms with Crippen LogP contribution in [-0.2, 0) is 14.4 Å². The average Bonchev–Trinajstić information content (AvgIpc) is 2.40. The van der Waals surface area contributed by atoms with E-state index in [1.807, 2.05) is 13.8 Å². The monoisotopic (exact) mass is 340 g/mol. The largest absolute Gasteiger partial charge is 0.481 e. The molecule has 6 heteroatoms. The maximum atomic E-state index is 12.8. The standard InChI is InChI=1S/C18H32N2O4/c1-8-9-12(15(22)23)13(10-11(2)3)14(21)20-18(7,16(19)24)17(4,5)6/h8,11-13H,1,9-10H2,2-7H3,(H2,19,24)(H,20,21)(H,22,23)/t12-,13?,18?/m0/s1. The number of carbonyl (C=O) groups is 3. The summed E-state index contributed by atoms with van der Waals surface area (Å²) in [6.45, 7) is 14.4. The van der Waals surface area contributed by atoms with Crippen LogP contribution in [0, 0.1) is 23.2 Å². The number of nitrogens with one attached hydrogen (secondary N) is 1. The number of primary amides is 1. The smallest absolute Gasteiger partial charge is 0.307 e. The number of carboxylic acids is 1. The van der Waals surface area contributed by atoms with Crippen LogP contribution in [-0.4, -0.2) is 28.4 Å². The minimum atomic E-state index is -1.28. The number of hydrogen-bond acceptors (Lipinski definition) is 3. The zero-order valence-electron chi connectivity index (χ0n) is 15.7. The van der Waals surface area contributed by atoms with E-state index in [0.29, 0.717) is 6.42 Å². The normalized spacial score (nSPS) is 16.8. The fourth-order valence-electron chi connectivity index (χ4n) is 2.54. The van der Waals surface area contributed by atoms with Gasteiger partial charge >= 0.3 is 5.97 Å². The van der Waals surface area contributed by atoms with E-state index in [4.69, 9.17) is 5.73 Å². The van der Waals surface area contributed by atoms with Crippen molar-refractivity contribution in [2.24, 2.45) is 28.9 Å². The summed E-state index contributed by atoms with van der Waals surface area (Å²) in [6, 6.07) is 0. The van der Waals surface area contributed by atoms with Crippen molar-refractivity contribution in [3.8, 4) is 0 Å². The summed E-state index contributed by atoms with van der Waals surface area (Å²) in [7, 11) is 0. The van der Waals surface area contributed by atoms with E-state index in [1.165, 1.54) is 6.08 Å². The van der Waals surface area contributed by atoms with Gasteiger partial charge in [0.15, 0.2) is 0 Å². The summed E-state index contributed by atoms with van der Waals surface area (Å²) in [5.74, 6) is -3.69. The molecular weight excluding hydrogens is 308 g/mol. The molecule has 0 aromatic heterocycles. The third-order valence-corrected chi connectivity index (χ3v) is 4.65. The second-order valence-electron chi connectivity index (χ2n) is 7.93. The van der Waals surface area contributed by atoms with Gasteiger partial charge in [0.1, 0.15) is 5.54 Å². The Morgan fingerprint density at radius 1 is 1.17 bits per heavy atom. The number of rotatable bonds is 9. The maximum Gasteiger partial charge on any atom is 0.307 e. The van der Waals surface area contributed by atoms with Crippen molar-refractivity contribution >= 4 is 17.8 Å². The van der Waals surface area contributed by atoms with Gasteiger partial charge in [-0.3, -0.25) is 14.4 Å². The van der Waals surface area contributed by atoms with Crippen molar-refractivity contribution in [1.29, 1.82) is 0 Å². The highest BCUT2D eigenvalue weighted by Crippen LogP contribution is 2.32. The van der Waals surface area contributed by atoms with Gasteiger partial charge in [-0.25, -0.2) is 0 Å². The van der Waals surface area contributed by atoms with Gasteiger partial charge in [-0.05, 0) is 31.1 Å². The molecule has 6 nitrogen and oxygen atoms in total. The molecule has 0 saturated carbocycles. The lowest BCUT2D eigenvalue weighted by Gasteiger charge is -2.41. The molecule has 0 bridgehead atoms. The van der Waals surface area contributed by atoms with Crippen molar-refractivity contribution in [1.82, 2.24) is 5.32 Å². The minimum Gasteiger partial charge on any atom is -0.481 e. The predicted molar refractivity (Wildman–Crippen MR) is 94.1 cm³/mol. The Balaban J connectivity index is 5.72. The van der Waals surface area contributed by atoms with Crippen LogP contribution in [0.4, 0.5) is 0 Å². The van der Waals surface area contributed by atoms with E-state index in [0.717, 1.165) is 0 Å². The van der Waals surface area contributed by atoms with Crippen molar-refractivity contribution in [3.63, 3.8) is 0 Å². The van der Waals surface area contributed by atoms with Gasteiger partial charge in [0, 0.05) is 0 Å². The van der Waals surface area contributed by atoms with Crippen LogP contribution in [0.3, 0.4) is 0 Å². The Morgan fingerprint density at radius 2 is 1.67 bits per heavy atom.